The van der Waals surface area contributed by atoms with Crippen molar-refractivity contribution in [3.8, 4) is 16.9 Å². The summed E-state index contributed by atoms with van der Waals surface area (Å²) in [5.41, 5.74) is 8.24. The summed E-state index contributed by atoms with van der Waals surface area (Å²) < 4.78 is 7.54. The number of nitrogens with one attached hydrogen (secondary N) is 1. The number of methoxy groups -OCH3 is 1. The molecule has 0 saturated heterocycles. The molecule has 0 aliphatic heterocycles. The van der Waals surface area contributed by atoms with Gasteiger partial charge in [-0.25, -0.2) is 4.98 Å². The zero-order valence-corrected chi connectivity index (χ0v) is 18.2. The SMILES string of the molecule is COc1ccc(-c2c(C)nn3c(NC(C4CC4)C4CC4)c4c(nc23)CCC4)c(C)c1. The van der Waals surface area contributed by atoms with E-state index in [1.165, 1.54) is 60.3 Å². The summed E-state index contributed by atoms with van der Waals surface area (Å²) in [6.07, 6.45) is 8.87. The number of rotatable bonds is 6. The molecule has 0 unspecified atom stereocenters. The highest BCUT2D eigenvalue weighted by atomic mass is 16.5. The van der Waals surface area contributed by atoms with Crippen LogP contribution in [0, 0.1) is 25.7 Å². The van der Waals surface area contributed by atoms with Crippen molar-refractivity contribution >= 4 is 11.5 Å². The monoisotopic (exact) mass is 402 g/mol. The van der Waals surface area contributed by atoms with Crippen molar-refractivity contribution in [1.82, 2.24) is 14.6 Å². The van der Waals surface area contributed by atoms with Crippen LogP contribution in [-0.4, -0.2) is 27.7 Å². The van der Waals surface area contributed by atoms with Gasteiger partial charge in [0.1, 0.15) is 11.6 Å². The van der Waals surface area contributed by atoms with Crippen molar-refractivity contribution in [2.45, 2.75) is 64.8 Å². The Kier molecular flexibility index (Phi) is 4.09. The van der Waals surface area contributed by atoms with Crippen LogP contribution in [0.4, 0.5) is 5.82 Å². The average Bonchev–Trinajstić information content (AvgIpc) is 3.67. The topological polar surface area (TPSA) is 51.5 Å². The van der Waals surface area contributed by atoms with E-state index in [0.29, 0.717) is 6.04 Å². The number of aryl methyl sites for hydroxylation is 3. The third-order valence-corrected chi connectivity index (χ3v) is 7.23. The molecular weight excluding hydrogens is 372 g/mol. The van der Waals surface area contributed by atoms with Crippen molar-refractivity contribution < 1.29 is 4.74 Å². The summed E-state index contributed by atoms with van der Waals surface area (Å²) >= 11 is 0. The molecule has 5 nitrogen and oxygen atoms in total. The number of fused-ring (bicyclic) bond motifs is 2. The lowest BCUT2D eigenvalue weighted by atomic mass is 10.0. The molecule has 3 aromatic rings. The zero-order chi connectivity index (χ0) is 20.4. The first-order chi connectivity index (χ1) is 14.6. The fraction of sp³-hybridized carbons (Fsp3) is 0.520. The van der Waals surface area contributed by atoms with E-state index in [9.17, 15) is 0 Å². The van der Waals surface area contributed by atoms with Crippen LogP contribution in [0.5, 0.6) is 5.75 Å². The predicted octanol–water partition coefficient (Wildman–Crippen LogP) is 5.11. The Labute approximate surface area is 177 Å². The lowest BCUT2D eigenvalue weighted by Crippen LogP contribution is -2.27. The van der Waals surface area contributed by atoms with Gasteiger partial charge in [-0.3, -0.25) is 0 Å². The minimum Gasteiger partial charge on any atom is -0.497 e. The lowest BCUT2D eigenvalue weighted by Gasteiger charge is -2.22. The van der Waals surface area contributed by atoms with Gasteiger partial charge < -0.3 is 10.1 Å². The molecule has 6 rings (SSSR count). The van der Waals surface area contributed by atoms with Crippen LogP contribution in [0.25, 0.3) is 16.8 Å². The van der Waals surface area contributed by atoms with E-state index in [2.05, 4.69) is 35.8 Å². The first-order valence-electron chi connectivity index (χ1n) is 11.5. The van der Waals surface area contributed by atoms with E-state index in [-0.39, 0.29) is 0 Å². The van der Waals surface area contributed by atoms with Gasteiger partial charge in [-0.05, 0) is 93.9 Å². The van der Waals surface area contributed by atoms with Crippen LogP contribution in [-0.2, 0) is 12.8 Å². The molecule has 0 spiro atoms. The number of benzene rings is 1. The van der Waals surface area contributed by atoms with Crippen LogP contribution < -0.4 is 10.1 Å². The van der Waals surface area contributed by atoms with E-state index < -0.39 is 0 Å². The Morgan fingerprint density at radius 1 is 1.10 bits per heavy atom. The van der Waals surface area contributed by atoms with E-state index in [4.69, 9.17) is 14.8 Å². The van der Waals surface area contributed by atoms with Gasteiger partial charge in [0, 0.05) is 22.9 Å². The van der Waals surface area contributed by atoms with Gasteiger partial charge >= 0.3 is 0 Å². The Morgan fingerprint density at radius 3 is 2.53 bits per heavy atom. The van der Waals surface area contributed by atoms with Crippen molar-refractivity contribution in [1.29, 1.82) is 0 Å². The first-order valence-corrected chi connectivity index (χ1v) is 11.5. The number of nitrogens with zero attached hydrogens (tertiary/aromatic N) is 3. The summed E-state index contributed by atoms with van der Waals surface area (Å²) in [6.45, 7) is 4.26. The van der Waals surface area contributed by atoms with Crippen LogP contribution in [0.3, 0.4) is 0 Å². The van der Waals surface area contributed by atoms with Crippen molar-refractivity contribution in [3.63, 3.8) is 0 Å². The number of hydrogen-bond acceptors (Lipinski definition) is 4. The quantitative estimate of drug-likeness (QED) is 0.622. The minimum atomic E-state index is 0.607. The molecule has 0 bridgehead atoms. The van der Waals surface area contributed by atoms with Crippen LogP contribution in [0.1, 0.15) is 54.6 Å². The van der Waals surface area contributed by atoms with Gasteiger partial charge in [0.25, 0.3) is 0 Å². The lowest BCUT2D eigenvalue weighted by molar-refractivity contribution is 0.414. The van der Waals surface area contributed by atoms with E-state index >= 15 is 0 Å². The highest BCUT2D eigenvalue weighted by molar-refractivity contribution is 5.83. The Morgan fingerprint density at radius 2 is 1.87 bits per heavy atom. The molecule has 156 valence electrons. The second kappa shape index (κ2) is 6.73. The summed E-state index contributed by atoms with van der Waals surface area (Å²) in [4.78, 5) is 5.15. The highest BCUT2D eigenvalue weighted by Crippen LogP contribution is 2.47. The molecule has 0 radical (unpaired) electrons. The van der Waals surface area contributed by atoms with Crippen LogP contribution in [0.15, 0.2) is 18.2 Å². The molecule has 5 heteroatoms. The van der Waals surface area contributed by atoms with Gasteiger partial charge in [0.15, 0.2) is 5.65 Å². The maximum Gasteiger partial charge on any atom is 0.165 e. The summed E-state index contributed by atoms with van der Waals surface area (Å²) in [6, 6.07) is 6.89. The number of hydrogen-bond donors (Lipinski definition) is 1. The number of aromatic nitrogens is 3. The second-order valence-corrected chi connectivity index (χ2v) is 9.46. The van der Waals surface area contributed by atoms with Gasteiger partial charge in [-0.1, -0.05) is 6.07 Å². The summed E-state index contributed by atoms with van der Waals surface area (Å²) in [5, 5.41) is 9.04. The zero-order valence-electron chi connectivity index (χ0n) is 18.2. The minimum absolute atomic E-state index is 0.607. The Balaban J connectivity index is 1.52. The van der Waals surface area contributed by atoms with Crippen LogP contribution in [0.2, 0.25) is 0 Å². The molecule has 2 fully saturated rings. The molecule has 0 amide bonds. The van der Waals surface area contributed by atoms with Crippen molar-refractivity contribution in [2.24, 2.45) is 11.8 Å². The molecule has 1 N–H and O–H groups in total. The highest BCUT2D eigenvalue weighted by Gasteiger charge is 2.42. The fourth-order valence-corrected chi connectivity index (χ4v) is 5.33. The first kappa shape index (κ1) is 18.2. The number of anilines is 1. The average molecular weight is 403 g/mol. The predicted molar refractivity (Wildman–Crippen MR) is 119 cm³/mol. The van der Waals surface area contributed by atoms with Crippen LogP contribution >= 0.6 is 0 Å². The maximum absolute atomic E-state index is 5.42. The molecule has 2 heterocycles. The Bertz CT molecular complexity index is 1130. The molecule has 3 aliphatic rings. The van der Waals surface area contributed by atoms with Gasteiger partial charge in [-0.15, -0.1) is 0 Å². The second-order valence-electron chi connectivity index (χ2n) is 9.46. The largest absolute Gasteiger partial charge is 0.497 e. The molecule has 2 aromatic heterocycles. The molecule has 30 heavy (non-hydrogen) atoms. The summed E-state index contributed by atoms with van der Waals surface area (Å²) in [7, 11) is 1.72. The fourth-order valence-electron chi connectivity index (χ4n) is 5.33. The number of ether oxygens (including phenoxy) is 1. The standard InChI is InChI=1S/C25H30N4O/c1-14-13-18(30-3)11-12-19(14)22-15(2)28-29-24(20-5-4-6-21(20)26-25(22)29)27-23(16-7-8-16)17-9-10-17/h11-13,16-17,23,27H,4-10H2,1-3H3. The van der Waals surface area contributed by atoms with Gasteiger partial charge in [0.05, 0.1) is 12.8 Å². The normalized spacial score (nSPS) is 18.3. The van der Waals surface area contributed by atoms with Crippen molar-refractivity contribution in [2.75, 3.05) is 12.4 Å². The summed E-state index contributed by atoms with van der Waals surface area (Å²) in [5.74, 6) is 3.80. The maximum atomic E-state index is 5.42. The van der Waals surface area contributed by atoms with E-state index in [1.807, 2.05) is 6.07 Å². The van der Waals surface area contributed by atoms with Gasteiger partial charge in [-0.2, -0.15) is 9.61 Å². The van der Waals surface area contributed by atoms with Crippen molar-refractivity contribution in [3.05, 3.63) is 40.7 Å². The molecular formula is C25H30N4O. The third kappa shape index (κ3) is 2.90. The van der Waals surface area contributed by atoms with E-state index in [1.54, 1.807) is 7.11 Å². The third-order valence-electron chi connectivity index (χ3n) is 7.23. The van der Waals surface area contributed by atoms with Gasteiger partial charge in [0.2, 0.25) is 0 Å². The molecule has 3 aliphatic carbocycles. The van der Waals surface area contributed by atoms with E-state index in [0.717, 1.165) is 47.3 Å². The molecule has 1 aromatic carbocycles. The smallest absolute Gasteiger partial charge is 0.165 e. The Hall–Kier alpha value is -2.56. The molecule has 0 atom stereocenters. The molecule has 2 saturated carbocycles.